The molecule has 2 atom stereocenters. The molecule has 2 aliphatic heterocycles. The average molecular weight is 412 g/mol. The Balaban J connectivity index is 0.00000131. The van der Waals surface area contributed by atoms with Crippen LogP contribution in [0.5, 0.6) is 0 Å². The number of fused-ring (bicyclic) bond motifs is 2. The molecule has 148 valence electrons. The molecule has 0 saturated carbocycles. The number of nitrogens with zero attached hydrogens (tertiary/aromatic N) is 2. The quantitative estimate of drug-likeness (QED) is 0.831. The van der Waals surface area contributed by atoms with Crippen molar-refractivity contribution in [2.45, 2.75) is 51.1 Å². The standard InChI is InChI=1S/C20H25N3O2.2ClH/c1-14-2-4-15(5-3-14)18-13-22-19(25-18)8-9-20(24)23-16-6-7-17(23)12-21-11-10-16;;/h2-5,13,16-17,21H,6-12H2,1H3;2*1H. The number of rotatable bonds is 4. The van der Waals surface area contributed by atoms with Gasteiger partial charge in [-0.25, -0.2) is 4.98 Å². The number of amides is 1. The maximum atomic E-state index is 12.7. The van der Waals surface area contributed by atoms with Gasteiger partial charge in [-0.1, -0.05) is 29.8 Å². The van der Waals surface area contributed by atoms with Crippen molar-refractivity contribution >= 4 is 30.7 Å². The van der Waals surface area contributed by atoms with Crippen LogP contribution in [-0.2, 0) is 11.2 Å². The lowest BCUT2D eigenvalue weighted by molar-refractivity contribution is -0.133. The second-order valence-electron chi connectivity index (χ2n) is 7.16. The summed E-state index contributed by atoms with van der Waals surface area (Å²) in [7, 11) is 0. The molecule has 2 unspecified atom stereocenters. The molecule has 1 aromatic heterocycles. The van der Waals surface area contributed by atoms with Gasteiger partial charge in [0.1, 0.15) is 0 Å². The fourth-order valence-electron chi connectivity index (χ4n) is 4.01. The summed E-state index contributed by atoms with van der Waals surface area (Å²) in [5, 5.41) is 3.44. The summed E-state index contributed by atoms with van der Waals surface area (Å²) < 4.78 is 5.85. The minimum absolute atomic E-state index is 0. The van der Waals surface area contributed by atoms with Gasteiger partial charge in [-0.2, -0.15) is 0 Å². The molecule has 2 saturated heterocycles. The Morgan fingerprint density at radius 2 is 1.93 bits per heavy atom. The SMILES string of the molecule is Cc1ccc(-c2cnc(CCC(=O)N3C4CCNCC3CC4)o2)cc1.Cl.Cl. The molecule has 27 heavy (non-hydrogen) atoms. The number of benzene rings is 1. The molecule has 2 aromatic rings. The van der Waals surface area contributed by atoms with Gasteiger partial charge in [0.2, 0.25) is 5.91 Å². The highest BCUT2D eigenvalue weighted by Gasteiger charge is 2.37. The minimum Gasteiger partial charge on any atom is -0.441 e. The van der Waals surface area contributed by atoms with Crippen LogP contribution in [0, 0.1) is 6.92 Å². The first-order chi connectivity index (χ1) is 12.2. The number of hydrogen-bond donors (Lipinski definition) is 1. The second-order valence-corrected chi connectivity index (χ2v) is 7.16. The number of aryl methyl sites for hydroxylation is 2. The van der Waals surface area contributed by atoms with Crippen molar-refractivity contribution in [1.29, 1.82) is 0 Å². The molecule has 0 radical (unpaired) electrons. The number of halogens is 2. The number of nitrogens with one attached hydrogen (secondary N) is 1. The zero-order chi connectivity index (χ0) is 17.2. The number of hydrogen-bond acceptors (Lipinski definition) is 4. The van der Waals surface area contributed by atoms with E-state index < -0.39 is 0 Å². The molecule has 1 amide bonds. The summed E-state index contributed by atoms with van der Waals surface area (Å²) in [6, 6.07) is 8.97. The fraction of sp³-hybridized carbons (Fsp3) is 0.500. The summed E-state index contributed by atoms with van der Waals surface area (Å²) in [6.45, 7) is 4.01. The third kappa shape index (κ3) is 4.84. The Labute approximate surface area is 172 Å². The van der Waals surface area contributed by atoms with Gasteiger partial charge in [0.15, 0.2) is 11.7 Å². The topological polar surface area (TPSA) is 58.4 Å². The van der Waals surface area contributed by atoms with Gasteiger partial charge in [-0.3, -0.25) is 4.79 Å². The molecular formula is C20H27Cl2N3O2. The Kier molecular flexibility index (Phi) is 7.71. The van der Waals surface area contributed by atoms with E-state index in [2.05, 4.69) is 34.3 Å². The number of aromatic nitrogens is 1. The second kappa shape index (κ2) is 9.58. The van der Waals surface area contributed by atoms with Crippen molar-refractivity contribution in [3.05, 3.63) is 41.9 Å². The molecule has 5 nitrogen and oxygen atoms in total. The highest BCUT2D eigenvalue weighted by Crippen LogP contribution is 2.29. The third-order valence-corrected chi connectivity index (χ3v) is 5.38. The van der Waals surface area contributed by atoms with Crippen LogP contribution in [0.1, 0.15) is 37.1 Å². The molecule has 7 heteroatoms. The number of oxazole rings is 1. The van der Waals surface area contributed by atoms with Crippen molar-refractivity contribution in [2.75, 3.05) is 13.1 Å². The van der Waals surface area contributed by atoms with Crippen LogP contribution in [0.25, 0.3) is 11.3 Å². The van der Waals surface area contributed by atoms with E-state index in [1.165, 1.54) is 5.56 Å². The minimum atomic E-state index is 0. The van der Waals surface area contributed by atoms with Crippen molar-refractivity contribution in [3.63, 3.8) is 0 Å². The average Bonchev–Trinajstić information content (AvgIpc) is 3.17. The zero-order valence-corrected chi connectivity index (χ0v) is 17.2. The fourth-order valence-corrected chi connectivity index (χ4v) is 4.01. The van der Waals surface area contributed by atoms with Gasteiger partial charge < -0.3 is 14.6 Å². The van der Waals surface area contributed by atoms with Gasteiger partial charge in [-0.05, 0) is 32.7 Å². The lowest BCUT2D eigenvalue weighted by atomic mass is 10.1. The third-order valence-electron chi connectivity index (χ3n) is 5.38. The lowest BCUT2D eigenvalue weighted by Gasteiger charge is -2.27. The summed E-state index contributed by atoms with van der Waals surface area (Å²) in [4.78, 5) is 19.2. The normalized spacial score (nSPS) is 21.1. The summed E-state index contributed by atoms with van der Waals surface area (Å²) in [6.07, 6.45) is 6.13. The Morgan fingerprint density at radius 1 is 1.19 bits per heavy atom. The molecule has 4 rings (SSSR count). The predicted molar refractivity (Wildman–Crippen MR) is 111 cm³/mol. The van der Waals surface area contributed by atoms with Crippen molar-refractivity contribution in [2.24, 2.45) is 0 Å². The molecule has 3 heterocycles. The summed E-state index contributed by atoms with van der Waals surface area (Å²) >= 11 is 0. The zero-order valence-electron chi connectivity index (χ0n) is 15.5. The van der Waals surface area contributed by atoms with Gasteiger partial charge in [0, 0.05) is 37.0 Å². The van der Waals surface area contributed by atoms with Crippen molar-refractivity contribution in [3.8, 4) is 11.3 Å². The molecule has 2 aliphatic rings. The first kappa shape index (κ1) is 21.7. The Bertz CT molecular complexity index is 734. The Hall–Kier alpha value is -1.56. The molecule has 1 N–H and O–H groups in total. The Morgan fingerprint density at radius 3 is 2.70 bits per heavy atom. The molecule has 0 aliphatic carbocycles. The highest BCUT2D eigenvalue weighted by molar-refractivity contribution is 5.85. The van der Waals surface area contributed by atoms with E-state index in [1.807, 2.05) is 12.1 Å². The van der Waals surface area contributed by atoms with Crippen LogP contribution in [0.4, 0.5) is 0 Å². The first-order valence-electron chi connectivity index (χ1n) is 9.24. The van der Waals surface area contributed by atoms with Gasteiger partial charge in [-0.15, -0.1) is 24.8 Å². The van der Waals surface area contributed by atoms with Crippen LogP contribution in [0.2, 0.25) is 0 Å². The van der Waals surface area contributed by atoms with E-state index in [1.54, 1.807) is 6.20 Å². The van der Waals surface area contributed by atoms with Crippen LogP contribution in [-0.4, -0.2) is 41.0 Å². The van der Waals surface area contributed by atoms with E-state index in [9.17, 15) is 4.79 Å². The molecule has 1 aromatic carbocycles. The van der Waals surface area contributed by atoms with Crippen LogP contribution >= 0.6 is 24.8 Å². The maximum absolute atomic E-state index is 12.7. The van der Waals surface area contributed by atoms with Crippen molar-refractivity contribution in [1.82, 2.24) is 15.2 Å². The lowest BCUT2D eigenvalue weighted by Crippen LogP contribution is -2.42. The monoisotopic (exact) mass is 411 g/mol. The molecule has 2 bridgehead atoms. The molecule has 0 spiro atoms. The van der Waals surface area contributed by atoms with Crippen LogP contribution in [0.15, 0.2) is 34.9 Å². The largest absolute Gasteiger partial charge is 0.441 e. The van der Waals surface area contributed by atoms with E-state index in [4.69, 9.17) is 4.42 Å². The van der Waals surface area contributed by atoms with Crippen LogP contribution in [0.3, 0.4) is 0 Å². The summed E-state index contributed by atoms with van der Waals surface area (Å²) in [5.74, 6) is 1.65. The van der Waals surface area contributed by atoms with E-state index >= 15 is 0 Å². The summed E-state index contributed by atoms with van der Waals surface area (Å²) in [5.41, 5.74) is 2.24. The van der Waals surface area contributed by atoms with Crippen LogP contribution < -0.4 is 5.32 Å². The van der Waals surface area contributed by atoms with E-state index in [0.29, 0.717) is 30.8 Å². The number of carbonyl (C=O) groups is 1. The number of carbonyl (C=O) groups excluding carboxylic acids is 1. The first-order valence-corrected chi connectivity index (χ1v) is 9.24. The van der Waals surface area contributed by atoms with Gasteiger partial charge >= 0.3 is 0 Å². The van der Waals surface area contributed by atoms with E-state index in [-0.39, 0.29) is 30.7 Å². The smallest absolute Gasteiger partial charge is 0.223 e. The van der Waals surface area contributed by atoms with E-state index in [0.717, 1.165) is 43.7 Å². The van der Waals surface area contributed by atoms with Crippen molar-refractivity contribution < 1.29 is 9.21 Å². The highest BCUT2D eigenvalue weighted by atomic mass is 35.5. The predicted octanol–water partition coefficient (Wildman–Crippen LogP) is 3.78. The maximum Gasteiger partial charge on any atom is 0.223 e. The molecular weight excluding hydrogens is 385 g/mol. The molecule has 2 fully saturated rings. The van der Waals surface area contributed by atoms with Gasteiger partial charge in [0.05, 0.1) is 6.20 Å². The van der Waals surface area contributed by atoms with Gasteiger partial charge in [0.25, 0.3) is 0 Å².